The van der Waals surface area contributed by atoms with Crippen LogP contribution >= 0.6 is 0 Å². The lowest BCUT2D eigenvalue weighted by Crippen LogP contribution is -2.47. The molecule has 4 rings (SSSR count). The van der Waals surface area contributed by atoms with Crippen LogP contribution < -0.4 is 4.74 Å². The van der Waals surface area contributed by atoms with E-state index in [1.807, 2.05) is 6.07 Å². The van der Waals surface area contributed by atoms with E-state index < -0.39 is 0 Å². The Balaban J connectivity index is 1.79. The van der Waals surface area contributed by atoms with E-state index in [1.54, 1.807) is 26.5 Å². The third-order valence-corrected chi connectivity index (χ3v) is 7.01. The van der Waals surface area contributed by atoms with Crippen LogP contribution in [-0.2, 0) is 20.7 Å². The number of aromatic amines is 1. The average Bonchev–Trinajstić information content (AvgIpc) is 3.20. The van der Waals surface area contributed by atoms with Gasteiger partial charge in [0.25, 0.3) is 0 Å². The molecule has 3 atom stereocenters. The molecule has 0 saturated carbocycles. The summed E-state index contributed by atoms with van der Waals surface area (Å²) >= 11 is 0. The van der Waals surface area contributed by atoms with E-state index in [0.29, 0.717) is 17.1 Å². The lowest BCUT2D eigenvalue weighted by atomic mass is 9.73. The summed E-state index contributed by atoms with van der Waals surface area (Å²) in [5, 5.41) is 10.5. The smallest absolute Gasteiger partial charge is 0.337 e. The molecule has 0 aliphatic carbocycles. The van der Waals surface area contributed by atoms with E-state index >= 15 is 0 Å². The van der Waals surface area contributed by atoms with E-state index in [-0.39, 0.29) is 17.9 Å². The third kappa shape index (κ3) is 3.73. The highest BCUT2D eigenvalue weighted by Crippen LogP contribution is 2.47. The van der Waals surface area contributed by atoms with Crippen molar-refractivity contribution in [2.24, 2.45) is 11.8 Å². The molecule has 1 N–H and O–H groups in total. The first kappa shape index (κ1) is 22.2. The SMILES string of the molecule is CCC[C@@H]1CN2CCc3c([nH]c4cc(C#N)cc(OC)c34)C2C[C@@H]1/C(=C\OC)C(=O)OC. The molecule has 3 heterocycles. The van der Waals surface area contributed by atoms with Gasteiger partial charge in [-0.15, -0.1) is 0 Å². The summed E-state index contributed by atoms with van der Waals surface area (Å²) < 4.78 is 16.0. The Bertz CT molecular complexity index is 1080. The number of fused-ring (bicyclic) bond motifs is 5. The number of piperidine rings is 1. The summed E-state index contributed by atoms with van der Waals surface area (Å²) in [6, 6.07) is 6.08. The maximum atomic E-state index is 12.6. The molecule has 0 spiro atoms. The molecule has 0 amide bonds. The minimum atomic E-state index is -0.320. The van der Waals surface area contributed by atoms with Crippen LogP contribution in [0.2, 0.25) is 0 Å². The number of nitriles is 1. The van der Waals surface area contributed by atoms with Gasteiger partial charge in [-0.2, -0.15) is 5.26 Å². The highest BCUT2D eigenvalue weighted by molar-refractivity contribution is 5.92. The second-order valence-electron chi connectivity index (χ2n) is 8.68. The van der Waals surface area contributed by atoms with Crippen LogP contribution in [-0.4, -0.2) is 50.3 Å². The fourth-order valence-electron chi connectivity index (χ4n) is 5.67. The predicted octanol–water partition coefficient (Wildman–Crippen LogP) is 4.09. The normalized spacial score (nSPS) is 23.2. The summed E-state index contributed by atoms with van der Waals surface area (Å²) in [6.07, 6.45) is 5.40. The van der Waals surface area contributed by atoms with Crippen LogP contribution in [0, 0.1) is 23.2 Å². The van der Waals surface area contributed by atoms with E-state index in [1.165, 1.54) is 18.4 Å². The molecule has 170 valence electrons. The summed E-state index contributed by atoms with van der Waals surface area (Å²) in [5.41, 5.74) is 4.54. The first-order valence-corrected chi connectivity index (χ1v) is 11.2. The van der Waals surface area contributed by atoms with Gasteiger partial charge in [0.1, 0.15) is 5.75 Å². The minimum Gasteiger partial charge on any atom is -0.504 e. The highest BCUT2D eigenvalue weighted by Gasteiger charge is 2.43. The number of ether oxygens (including phenoxy) is 3. The first-order chi connectivity index (χ1) is 15.6. The van der Waals surface area contributed by atoms with Gasteiger partial charge in [0.15, 0.2) is 0 Å². The number of esters is 1. The lowest BCUT2D eigenvalue weighted by molar-refractivity contribution is -0.137. The Labute approximate surface area is 188 Å². The maximum absolute atomic E-state index is 12.6. The minimum absolute atomic E-state index is 0.0533. The van der Waals surface area contributed by atoms with Crippen LogP contribution in [0.1, 0.15) is 49.0 Å². The number of H-pyrrole nitrogens is 1. The molecule has 1 saturated heterocycles. The second-order valence-corrected chi connectivity index (χ2v) is 8.68. The molecule has 0 bridgehead atoms. The third-order valence-electron chi connectivity index (χ3n) is 7.01. The predicted molar refractivity (Wildman–Crippen MR) is 121 cm³/mol. The number of benzene rings is 1. The largest absolute Gasteiger partial charge is 0.504 e. The van der Waals surface area contributed by atoms with Crippen LogP contribution in [0.4, 0.5) is 0 Å². The van der Waals surface area contributed by atoms with E-state index in [9.17, 15) is 10.1 Å². The zero-order valence-electron chi connectivity index (χ0n) is 19.2. The molecule has 32 heavy (non-hydrogen) atoms. The molecule has 7 nitrogen and oxygen atoms in total. The number of hydrogen-bond donors (Lipinski definition) is 1. The van der Waals surface area contributed by atoms with Crippen molar-refractivity contribution in [3.63, 3.8) is 0 Å². The van der Waals surface area contributed by atoms with Crippen molar-refractivity contribution in [2.45, 2.75) is 38.6 Å². The zero-order valence-corrected chi connectivity index (χ0v) is 19.2. The Morgan fingerprint density at radius 3 is 2.81 bits per heavy atom. The average molecular weight is 438 g/mol. The van der Waals surface area contributed by atoms with Crippen molar-refractivity contribution in [1.82, 2.24) is 9.88 Å². The van der Waals surface area contributed by atoms with Gasteiger partial charge in [0.2, 0.25) is 0 Å². The van der Waals surface area contributed by atoms with Crippen molar-refractivity contribution >= 4 is 16.9 Å². The summed E-state index contributed by atoms with van der Waals surface area (Å²) in [5.74, 6) is 0.829. The lowest BCUT2D eigenvalue weighted by Gasteiger charge is -2.46. The number of aromatic nitrogens is 1. The fraction of sp³-hybridized carbons (Fsp3) is 0.520. The monoisotopic (exact) mass is 437 g/mol. The van der Waals surface area contributed by atoms with Crippen LogP contribution in [0.5, 0.6) is 5.75 Å². The maximum Gasteiger partial charge on any atom is 0.337 e. The Kier molecular flexibility index (Phi) is 6.43. The molecule has 2 aliphatic heterocycles. The van der Waals surface area contributed by atoms with E-state index in [4.69, 9.17) is 14.2 Å². The van der Waals surface area contributed by atoms with Crippen LogP contribution in [0.25, 0.3) is 10.9 Å². The van der Waals surface area contributed by atoms with Gasteiger partial charge in [-0.25, -0.2) is 4.79 Å². The number of nitrogens with zero attached hydrogens (tertiary/aromatic N) is 2. The molecule has 2 aromatic rings. The Morgan fingerprint density at radius 1 is 1.34 bits per heavy atom. The highest BCUT2D eigenvalue weighted by atomic mass is 16.5. The number of hydrogen-bond acceptors (Lipinski definition) is 6. The number of nitrogens with one attached hydrogen (secondary N) is 1. The van der Waals surface area contributed by atoms with E-state index in [0.717, 1.165) is 55.4 Å². The standard InChI is InChI=1S/C25H31N3O4/c1-5-6-16-13-28-8-7-17-23-20(9-15(12-26)10-22(23)31-3)27-24(17)21(28)11-18(16)19(14-30-2)25(29)32-4/h9-10,14,16,18,21,27H,5-8,11,13H2,1-4H3/b19-14+/t16-,18+,21?/m1/s1. The Morgan fingerprint density at radius 2 is 2.16 bits per heavy atom. The number of carbonyl (C=O) groups is 1. The van der Waals surface area contributed by atoms with Crippen molar-refractivity contribution < 1.29 is 19.0 Å². The molecular formula is C25H31N3O4. The van der Waals surface area contributed by atoms with Gasteiger partial charge in [-0.3, -0.25) is 4.90 Å². The van der Waals surface area contributed by atoms with Gasteiger partial charge in [-0.05, 0) is 42.9 Å². The second kappa shape index (κ2) is 9.25. The van der Waals surface area contributed by atoms with Crippen LogP contribution in [0.3, 0.4) is 0 Å². The molecule has 1 fully saturated rings. The molecule has 1 aromatic heterocycles. The topological polar surface area (TPSA) is 87.6 Å². The first-order valence-electron chi connectivity index (χ1n) is 11.2. The number of rotatable bonds is 6. The fourth-order valence-corrected chi connectivity index (χ4v) is 5.67. The summed E-state index contributed by atoms with van der Waals surface area (Å²) in [4.78, 5) is 18.8. The van der Waals surface area contributed by atoms with Crippen molar-refractivity contribution in [1.29, 1.82) is 5.26 Å². The zero-order chi connectivity index (χ0) is 22.8. The van der Waals surface area contributed by atoms with Crippen molar-refractivity contribution in [2.75, 3.05) is 34.4 Å². The molecule has 7 heteroatoms. The van der Waals surface area contributed by atoms with Gasteiger partial charge < -0.3 is 19.2 Å². The molecule has 1 aromatic carbocycles. The van der Waals surface area contributed by atoms with Crippen molar-refractivity contribution in [3.8, 4) is 11.8 Å². The van der Waals surface area contributed by atoms with Gasteiger partial charge in [0, 0.05) is 30.1 Å². The molecular weight excluding hydrogens is 406 g/mol. The summed E-state index contributed by atoms with van der Waals surface area (Å²) in [6.45, 7) is 4.07. The quantitative estimate of drug-likeness (QED) is 0.416. The molecule has 2 aliphatic rings. The van der Waals surface area contributed by atoms with Crippen LogP contribution in [0.15, 0.2) is 24.0 Å². The van der Waals surface area contributed by atoms with Crippen molar-refractivity contribution in [3.05, 3.63) is 40.8 Å². The van der Waals surface area contributed by atoms with Gasteiger partial charge in [-0.1, -0.05) is 13.3 Å². The Hall–Kier alpha value is -2.98. The van der Waals surface area contributed by atoms with Gasteiger partial charge >= 0.3 is 5.97 Å². The molecule has 0 radical (unpaired) electrons. The number of methoxy groups -OCH3 is 3. The summed E-state index contributed by atoms with van der Waals surface area (Å²) in [7, 11) is 4.64. The number of carbonyl (C=O) groups excluding carboxylic acids is 1. The molecule has 1 unspecified atom stereocenters. The van der Waals surface area contributed by atoms with E-state index in [2.05, 4.69) is 22.9 Å². The van der Waals surface area contributed by atoms with Gasteiger partial charge in [0.05, 0.1) is 56.4 Å².